The maximum atomic E-state index is 3.70. The van der Waals surface area contributed by atoms with Crippen LogP contribution in [0.2, 0.25) is 0 Å². The van der Waals surface area contributed by atoms with E-state index in [4.69, 9.17) is 0 Å². The molecule has 1 unspecified atom stereocenters. The standard InChI is InChI=1S/C17H35N/c1-4-6-7-16(5-2)14-18-13-12-17-10-8-15(3)9-11-17/h15-18H,4-14H2,1-3H3. The number of hydrogen-bond donors (Lipinski definition) is 1. The second kappa shape index (κ2) is 9.83. The van der Waals surface area contributed by atoms with Crippen molar-refractivity contribution in [2.24, 2.45) is 17.8 Å². The van der Waals surface area contributed by atoms with Gasteiger partial charge < -0.3 is 5.32 Å². The fourth-order valence-electron chi connectivity index (χ4n) is 3.17. The van der Waals surface area contributed by atoms with E-state index in [1.165, 1.54) is 70.9 Å². The predicted octanol–water partition coefficient (Wildman–Crippen LogP) is 5.01. The molecule has 1 aliphatic carbocycles. The molecule has 18 heavy (non-hydrogen) atoms. The summed E-state index contributed by atoms with van der Waals surface area (Å²) in [4.78, 5) is 0. The van der Waals surface area contributed by atoms with Gasteiger partial charge in [0.05, 0.1) is 0 Å². The highest BCUT2D eigenvalue weighted by Crippen LogP contribution is 2.29. The molecule has 1 N–H and O–H groups in total. The van der Waals surface area contributed by atoms with E-state index in [0.717, 1.165) is 17.8 Å². The molecule has 0 aliphatic heterocycles. The van der Waals surface area contributed by atoms with Crippen molar-refractivity contribution in [3.8, 4) is 0 Å². The van der Waals surface area contributed by atoms with Crippen LogP contribution in [-0.4, -0.2) is 13.1 Å². The maximum Gasteiger partial charge on any atom is -0.00206 e. The summed E-state index contributed by atoms with van der Waals surface area (Å²) in [6, 6.07) is 0. The van der Waals surface area contributed by atoms with Gasteiger partial charge in [0.25, 0.3) is 0 Å². The van der Waals surface area contributed by atoms with E-state index in [0.29, 0.717) is 0 Å². The van der Waals surface area contributed by atoms with Gasteiger partial charge in [0.15, 0.2) is 0 Å². The van der Waals surface area contributed by atoms with Crippen LogP contribution in [0.4, 0.5) is 0 Å². The average molecular weight is 253 g/mol. The van der Waals surface area contributed by atoms with Crippen LogP contribution >= 0.6 is 0 Å². The van der Waals surface area contributed by atoms with Gasteiger partial charge >= 0.3 is 0 Å². The van der Waals surface area contributed by atoms with E-state index in [9.17, 15) is 0 Å². The monoisotopic (exact) mass is 253 g/mol. The lowest BCUT2D eigenvalue weighted by atomic mass is 9.81. The van der Waals surface area contributed by atoms with Crippen molar-refractivity contribution < 1.29 is 0 Å². The van der Waals surface area contributed by atoms with Gasteiger partial charge in [-0.25, -0.2) is 0 Å². The Kier molecular flexibility index (Phi) is 8.75. The minimum Gasteiger partial charge on any atom is -0.316 e. The first kappa shape index (κ1) is 16.0. The first-order chi connectivity index (χ1) is 8.76. The van der Waals surface area contributed by atoms with Gasteiger partial charge in [0, 0.05) is 0 Å². The molecule has 0 spiro atoms. The highest BCUT2D eigenvalue weighted by atomic mass is 14.9. The Morgan fingerprint density at radius 2 is 1.83 bits per heavy atom. The zero-order valence-electron chi connectivity index (χ0n) is 13.0. The van der Waals surface area contributed by atoms with Crippen molar-refractivity contribution >= 4 is 0 Å². The Morgan fingerprint density at radius 3 is 2.44 bits per heavy atom. The zero-order chi connectivity index (χ0) is 13.2. The maximum absolute atomic E-state index is 3.70. The van der Waals surface area contributed by atoms with Crippen molar-refractivity contribution in [2.75, 3.05) is 13.1 Å². The number of rotatable bonds is 9. The van der Waals surface area contributed by atoms with Gasteiger partial charge in [-0.15, -0.1) is 0 Å². The second-order valence-electron chi connectivity index (χ2n) is 6.54. The van der Waals surface area contributed by atoms with Crippen molar-refractivity contribution in [3.05, 3.63) is 0 Å². The minimum atomic E-state index is 0.913. The molecule has 1 atom stereocenters. The third kappa shape index (κ3) is 6.78. The lowest BCUT2D eigenvalue weighted by Crippen LogP contribution is -2.26. The van der Waals surface area contributed by atoms with Crippen LogP contribution in [0.5, 0.6) is 0 Å². The highest BCUT2D eigenvalue weighted by Gasteiger charge is 2.17. The molecular formula is C17H35N. The molecule has 0 radical (unpaired) electrons. The van der Waals surface area contributed by atoms with E-state index in [-0.39, 0.29) is 0 Å². The molecule has 1 heteroatoms. The average Bonchev–Trinajstić information content (AvgIpc) is 2.40. The lowest BCUT2D eigenvalue weighted by Gasteiger charge is -2.26. The molecule has 1 fully saturated rings. The van der Waals surface area contributed by atoms with Crippen LogP contribution in [0.1, 0.15) is 78.6 Å². The molecule has 1 saturated carbocycles. The Bertz CT molecular complexity index is 175. The topological polar surface area (TPSA) is 12.0 Å². The number of unbranched alkanes of at least 4 members (excludes halogenated alkanes) is 1. The van der Waals surface area contributed by atoms with Gasteiger partial charge in [-0.1, -0.05) is 65.7 Å². The van der Waals surface area contributed by atoms with Crippen LogP contribution in [0.3, 0.4) is 0 Å². The third-order valence-electron chi connectivity index (χ3n) is 4.84. The molecule has 1 nitrogen and oxygen atoms in total. The lowest BCUT2D eigenvalue weighted by molar-refractivity contribution is 0.273. The van der Waals surface area contributed by atoms with Crippen molar-refractivity contribution in [3.63, 3.8) is 0 Å². The van der Waals surface area contributed by atoms with Crippen LogP contribution in [-0.2, 0) is 0 Å². The van der Waals surface area contributed by atoms with E-state index in [1.807, 2.05) is 0 Å². The van der Waals surface area contributed by atoms with Gasteiger partial charge in [-0.3, -0.25) is 0 Å². The summed E-state index contributed by atoms with van der Waals surface area (Å²) >= 11 is 0. The van der Waals surface area contributed by atoms with Crippen LogP contribution in [0, 0.1) is 17.8 Å². The largest absolute Gasteiger partial charge is 0.316 e. The first-order valence-corrected chi connectivity index (χ1v) is 8.46. The molecule has 0 bridgehead atoms. The molecule has 0 aromatic carbocycles. The minimum absolute atomic E-state index is 0.913. The number of hydrogen-bond acceptors (Lipinski definition) is 1. The Labute approximate surface area is 115 Å². The molecule has 108 valence electrons. The molecule has 1 aliphatic rings. The Hall–Kier alpha value is -0.0400. The molecule has 0 amide bonds. The smallest absolute Gasteiger partial charge is 0.00206 e. The van der Waals surface area contributed by atoms with Crippen molar-refractivity contribution in [1.82, 2.24) is 5.32 Å². The molecule has 1 rings (SSSR count). The van der Waals surface area contributed by atoms with Crippen LogP contribution < -0.4 is 5.32 Å². The van der Waals surface area contributed by atoms with Gasteiger partial charge in [0.1, 0.15) is 0 Å². The summed E-state index contributed by atoms with van der Waals surface area (Å²) in [5, 5.41) is 3.70. The first-order valence-electron chi connectivity index (χ1n) is 8.46. The summed E-state index contributed by atoms with van der Waals surface area (Å²) in [5.74, 6) is 2.92. The highest BCUT2D eigenvalue weighted by molar-refractivity contribution is 4.71. The second-order valence-corrected chi connectivity index (χ2v) is 6.54. The van der Waals surface area contributed by atoms with Gasteiger partial charge in [-0.05, 0) is 43.7 Å². The summed E-state index contributed by atoms with van der Waals surface area (Å²) < 4.78 is 0. The zero-order valence-corrected chi connectivity index (χ0v) is 13.0. The number of nitrogens with one attached hydrogen (secondary N) is 1. The van der Waals surface area contributed by atoms with Crippen molar-refractivity contribution in [1.29, 1.82) is 0 Å². The van der Waals surface area contributed by atoms with Crippen LogP contribution in [0.25, 0.3) is 0 Å². The Morgan fingerprint density at radius 1 is 1.11 bits per heavy atom. The van der Waals surface area contributed by atoms with E-state index in [2.05, 4.69) is 26.1 Å². The summed E-state index contributed by atoms with van der Waals surface area (Å²) in [7, 11) is 0. The quantitative estimate of drug-likeness (QED) is 0.570. The van der Waals surface area contributed by atoms with E-state index < -0.39 is 0 Å². The van der Waals surface area contributed by atoms with Crippen molar-refractivity contribution in [2.45, 2.75) is 78.6 Å². The molecule has 0 aromatic heterocycles. The van der Waals surface area contributed by atoms with Crippen LogP contribution in [0.15, 0.2) is 0 Å². The SMILES string of the molecule is CCCCC(CC)CNCCC1CCC(C)CC1. The normalized spacial score (nSPS) is 26.2. The Balaban J connectivity index is 1.99. The van der Waals surface area contributed by atoms with E-state index >= 15 is 0 Å². The summed E-state index contributed by atoms with van der Waals surface area (Å²) in [6.07, 6.45) is 12.8. The fraction of sp³-hybridized carbons (Fsp3) is 1.00. The molecule has 0 aromatic rings. The fourth-order valence-corrected chi connectivity index (χ4v) is 3.17. The predicted molar refractivity (Wildman–Crippen MR) is 81.9 cm³/mol. The molecule has 0 saturated heterocycles. The summed E-state index contributed by atoms with van der Waals surface area (Å²) in [5.41, 5.74) is 0. The van der Waals surface area contributed by atoms with E-state index in [1.54, 1.807) is 0 Å². The molecule has 0 heterocycles. The summed E-state index contributed by atoms with van der Waals surface area (Å²) in [6.45, 7) is 9.55. The van der Waals surface area contributed by atoms with Gasteiger partial charge in [-0.2, -0.15) is 0 Å². The van der Waals surface area contributed by atoms with Gasteiger partial charge in [0.2, 0.25) is 0 Å². The third-order valence-corrected chi connectivity index (χ3v) is 4.84. The molecular weight excluding hydrogens is 218 g/mol.